The molecule has 2 heterocycles. The van der Waals surface area contributed by atoms with Crippen LogP contribution in [-0.2, 0) is 4.74 Å². The van der Waals surface area contributed by atoms with Crippen LogP contribution < -0.4 is 15.4 Å². The number of rotatable bonds is 7. The first-order valence-electron chi connectivity index (χ1n) is 8.52. The molecule has 0 aliphatic carbocycles. The first kappa shape index (κ1) is 17.4. The predicted octanol–water partition coefficient (Wildman–Crippen LogP) is 2.28. The van der Waals surface area contributed by atoms with Gasteiger partial charge in [-0.1, -0.05) is 6.07 Å². The fourth-order valence-electron chi connectivity index (χ4n) is 2.75. The summed E-state index contributed by atoms with van der Waals surface area (Å²) >= 11 is 0. The third kappa shape index (κ3) is 5.04. The quantitative estimate of drug-likeness (QED) is 0.799. The van der Waals surface area contributed by atoms with Crippen molar-refractivity contribution in [2.24, 2.45) is 0 Å². The molecule has 2 N–H and O–H groups in total. The number of aryl methyl sites for hydroxylation is 1. The lowest BCUT2D eigenvalue weighted by Crippen LogP contribution is -2.39. The van der Waals surface area contributed by atoms with Crippen LogP contribution in [0, 0.1) is 6.92 Å². The average molecular weight is 343 g/mol. The summed E-state index contributed by atoms with van der Waals surface area (Å²) in [5.41, 5.74) is 2.04. The monoisotopic (exact) mass is 343 g/mol. The van der Waals surface area contributed by atoms with E-state index < -0.39 is 0 Å². The Labute approximate surface area is 148 Å². The van der Waals surface area contributed by atoms with Gasteiger partial charge in [-0.3, -0.25) is 4.90 Å². The summed E-state index contributed by atoms with van der Waals surface area (Å²) < 4.78 is 10.8. The maximum atomic E-state index is 5.40. The lowest BCUT2D eigenvalue weighted by atomic mass is 10.2. The Morgan fingerprint density at radius 1 is 1.16 bits per heavy atom. The molecule has 3 rings (SSSR count). The van der Waals surface area contributed by atoms with Gasteiger partial charge in [0.25, 0.3) is 0 Å². The van der Waals surface area contributed by atoms with Crippen LogP contribution in [0.15, 0.2) is 30.6 Å². The molecule has 0 amide bonds. The van der Waals surface area contributed by atoms with Gasteiger partial charge in [0.15, 0.2) is 0 Å². The molecular formula is C18H25N5O2. The van der Waals surface area contributed by atoms with Gasteiger partial charge < -0.3 is 20.1 Å². The maximum absolute atomic E-state index is 5.40. The molecule has 1 fully saturated rings. The van der Waals surface area contributed by atoms with Crippen LogP contribution in [0.25, 0.3) is 0 Å². The van der Waals surface area contributed by atoms with Crippen LogP contribution in [0.4, 0.5) is 17.3 Å². The Morgan fingerprint density at radius 2 is 1.96 bits per heavy atom. The van der Waals surface area contributed by atoms with E-state index in [2.05, 4.69) is 25.5 Å². The zero-order valence-corrected chi connectivity index (χ0v) is 14.8. The minimum Gasteiger partial charge on any atom is -0.495 e. The van der Waals surface area contributed by atoms with E-state index in [1.165, 1.54) is 0 Å². The van der Waals surface area contributed by atoms with Crippen molar-refractivity contribution in [1.82, 2.24) is 14.9 Å². The minimum atomic E-state index is 0.729. The molecule has 134 valence electrons. The lowest BCUT2D eigenvalue weighted by Gasteiger charge is -2.26. The predicted molar refractivity (Wildman–Crippen MR) is 98.8 cm³/mol. The first-order valence-corrected chi connectivity index (χ1v) is 8.52. The molecule has 1 aliphatic rings. The molecule has 0 radical (unpaired) electrons. The third-order valence-corrected chi connectivity index (χ3v) is 4.12. The number of methoxy groups -OCH3 is 1. The molecule has 0 bridgehead atoms. The number of hydrogen-bond donors (Lipinski definition) is 2. The fraction of sp³-hybridized carbons (Fsp3) is 0.444. The molecule has 7 heteroatoms. The fourth-order valence-corrected chi connectivity index (χ4v) is 2.75. The molecule has 1 aliphatic heterocycles. The molecule has 0 atom stereocenters. The number of benzene rings is 1. The van der Waals surface area contributed by atoms with Crippen molar-refractivity contribution in [2.75, 3.05) is 57.1 Å². The Balaban J connectivity index is 1.58. The van der Waals surface area contributed by atoms with E-state index in [4.69, 9.17) is 9.47 Å². The highest BCUT2D eigenvalue weighted by Gasteiger charge is 2.10. The summed E-state index contributed by atoms with van der Waals surface area (Å²) in [7, 11) is 1.66. The molecule has 0 unspecified atom stereocenters. The summed E-state index contributed by atoms with van der Waals surface area (Å²) in [6.45, 7) is 7.48. The van der Waals surface area contributed by atoms with Crippen LogP contribution in [0.5, 0.6) is 5.75 Å². The molecular weight excluding hydrogens is 318 g/mol. The zero-order valence-electron chi connectivity index (χ0n) is 14.8. The van der Waals surface area contributed by atoms with Gasteiger partial charge in [-0.25, -0.2) is 9.97 Å². The van der Waals surface area contributed by atoms with Crippen LogP contribution >= 0.6 is 0 Å². The van der Waals surface area contributed by atoms with Gasteiger partial charge in [-0.2, -0.15) is 0 Å². The first-order chi connectivity index (χ1) is 12.2. The van der Waals surface area contributed by atoms with Gasteiger partial charge in [0, 0.05) is 32.2 Å². The summed E-state index contributed by atoms with van der Waals surface area (Å²) in [5.74, 6) is 2.32. The van der Waals surface area contributed by atoms with Crippen molar-refractivity contribution in [3.63, 3.8) is 0 Å². The second-order valence-corrected chi connectivity index (χ2v) is 6.00. The number of nitrogens with one attached hydrogen (secondary N) is 2. The standard InChI is InChI=1S/C18H25N5O2/c1-14-3-4-16(24-2)15(11-14)22-18-12-17(20-13-21-18)19-5-6-23-7-9-25-10-8-23/h3-4,11-13H,5-10H2,1-2H3,(H2,19,20,21,22). The molecule has 0 spiro atoms. The maximum Gasteiger partial charge on any atom is 0.142 e. The van der Waals surface area contributed by atoms with Crippen LogP contribution in [0.1, 0.15) is 5.56 Å². The van der Waals surface area contributed by atoms with Crippen LogP contribution in [0.2, 0.25) is 0 Å². The number of nitrogens with zero attached hydrogens (tertiary/aromatic N) is 3. The second kappa shape index (κ2) is 8.64. The van der Waals surface area contributed by atoms with Crippen molar-refractivity contribution >= 4 is 17.3 Å². The molecule has 2 aromatic rings. The summed E-state index contributed by atoms with van der Waals surface area (Å²) in [6, 6.07) is 7.90. The number of anilines is 3. The van der Waals surface area contributed by atoms with Crippen molar-refractivity contribution in [1.29, 1.82) is 0 Å². The zero-order chi connectivity index (χ0) is 17.5. The Bertz CT molecular complexity index is 689. The Kier molecular flexibility index (Phi) is 6.03. The summed E-state index contributed by atoms with van der Waals surface area (Å²) in [5, 5.41) is 6.65. The van der Waals surface area contributed by atoms with Crippen molar-refractivity contribution in [2.45, 2.75) is 6.92 Å². The normalized spacial score (nSPS) is 15.0. The largest absolute Gasteiger partial charge is 0.495 e. The molecule has 0 saturated carbocycles. The third-order valence-electron chi connectivity index (χ3n) is 4.12. The van der Waals surface area contributed by atoms with Gasteiger partial charge >= 0.3 is 0 Å². The van der Waals surface area contributed by atoms with Gasteiger partial charge in [-0.15, -0.1) is 0 Å². The van der Waals surface area contributed by atoms with Gasteiger partial charge in [0.05, 0.1) is 26.0 Å². The van der Waals surface area contributed by atoms with E-state index in [9.17, 15) is 0 Å². The number of hydrogen-bond acceptors (Lipinski definition) is 7. The summed E-state index contributed by atoms with van der Waals surface area (Å²) in [4.78, 5) is 11.0. The number of ether oxygens (including phenoxy) is 2. The van der Waals surface area contributed by atoms with E-state index in [1.54, 1.807) is 13.4 Å². The van der Waals surface area contributed by atoms with E-state index in [0.717, 1.165) is 68.0 Å². The summed E-state index contributed by atoms with van der Waals surface area (Å²) in [6.07, 6.45) is 1.56. The second-order valence-electron chi connectivity index (χ2n) is 6.00. The Morgan fingerprint density at radius 3 is 2.76 bits per heavy atom. The van der Waals surface area contributed by atoms with Gasteiger partial charge in [-0.05, 0) is 24.6 Å². The molecule has 25 heavy (non-hydrogen) atoms. The number of morpholine rings is 1. The van der Waals surface area contributed by atoms with E-state index in [-0.39, 0.29) is 0 Å². The highest BCUT2D eigenvalue weighted by atomic mass is 16.5. The lowest BCUT2D eigenvalue weighted by molar-refractivity contribution is 0.0398. The van der Waals surface area contributed by atoms with E-state index in [1.807, 2.05) is 31.2 Å². The van der Waals surface area contributed by atoms with Crippen LogP contribution in [0.3, 0.4) is 0 Å². The highest BCUT2D eigenvalue weighted by Crippen LogP contribution is 2.28. The van der Waals surface area contributed by atoms with Crippen LogP contribution in [-0.4, -0.2) is 61.4 Å². The van der Waals surface area contributed by atoms with Gasteiger partial charge in [0.2, 0.25) is 0 Å². The molecule has 1 aromatic heterocycles. The topological polar surface area (TPSA) is 71.5 Å². The average Bonchev–Trinajstić information content (AvgIpc) is 2.63. The number of aromatic nitrogens is 2. The van der Waals surface area contributed by atoms with E-state index >= 15 is 0 Å². The SMILES string of the molecule is COc1ccc(C)cc1Nc1cc(NCCN2CCOCC2)ncn1. The van der Waals surface area contributed by atoms with Gasteiger partial charge in [0.1, 0.15) is 23.7 Å². The Hall–Kier alpha value is -2.38. The minimum absolute atomic E-state index is 0.729. The molecule has 1 aromatic carbocycles. The van der Waals surface area contributed by atoms with Crippen molar-refractivity contribution < 1.29 is 9.47 Å². The van der Waals surface area contributed by atoms with E-state index in [0.29, 0.717) is 0 Å². The highest BCUT2D eigenvalue weighted by molar-refractivity contribution is 5.66. The smallest absolute Gasteiger partial charge is 0.142 e. The van der Waals surface area contributed by atoms with Crippen molar-refractivity contribution in [3.05, 3.63) is 36.2 Å². The molecule has 1 saturated heterocycles. The molecule has 7 nitrogen and oxygen atoms in total. The van der Waals surface area contributed by atoms with Crippen molar-refractivity contribution in [3.8, 4) is 5.75 Å².